The van der Waals surface area contributed by atoms with E-state index in [1.807, 2.05) is 25.4 Å². The van der Waals surface area contributed by atoms with Gasteiger partial charge in [0, 0.05) is 44.1 Å². The molecule has 1 N–H and O–H groups in total. The Balaban J connectivity index is 1.45. The van der Waals surface area contributed by atoms with Crippen LogP contribution < -0.4 is 5.32 Å². The van der Waals surface area contributed by atoms with Gasteiger partial charge in [-0.15, -0.1) is 11.3 Å². The highest BCUT2D eigenvalue weighted by atomic mass is 32.1. The number of ether oxygens (including phenoxy) is 1. The molecule has 3 rings (SSSR count). The van der Waals surface area contributed by atoms with E-state index in [4.69, 9.17) is 4.74 Å². The highest BCUT2D eigenvalue weighted by molar-refractivity contribution is 7.09. The standard InChI is InChI=1S/C17H23N5O2S/c1-12-21-14(10-25-12)7-17(23)22(2)5-4-18-16-8-15(19-11-20-16)13-3-6-24-9-13/h8,10-11,13H,3-7,9H2,1-2H3,(H,18,19,20)/t13-/m0/s1. The fraction of sp³-hybridized carbons (Fsp3) is 0.529. The van der Waals surface area contributed by atoms with Crippen LogP contribution in [0.2, 0.25) is 0 Å². The lowest BCUT2D eigenvalue weighted by Gasteiger charge is -2.17. The van der Waals surface area contributed by atoms with Crippen LogP contribution >= 0.6 is 11.3 Å². The largest absolute Gasteiger partial charge is 0.381 e. The molecule has 7 nitrogen and oxygen atoms in total. The maximum absolute atomic E-state index is 12.2. The molecule has 3 heterocycles. The lowest BCUT2D eigenvalue weighted by Crippen LogP contribution is -2.32. The van der Waals surface area contributed by atoms with E-state index in [1.54, 1.807) is 22.6 Å². The van der Waals surface area contributed by atoms with Gasteiger partial charge < -0.3 is 15.0 Å². The second kappa shape index (κ2) is 8.35. The fourth-order valence-electron chi connectivity index (χ4n) is 2.72. The summed E-state index contributed by atoms with van der Waals surface area (Å²) in [5, 5.41) is 6.19. The van der Waals surface area contributed by atoms with Gasteiger partial charge in [0.2, 0.25) is 5.91 Å². The Labute approximate surface area is 151 Å². The van der Waals surface area contributed by atoms with E-state index in [2.05, 4.69) is 20.3 Å². The Kier molecular flexibility index (Phi) is 5.93. The Morgan fingerprint density at radius 1 is 1.48 bits per heavy atom. The SMILES string of the molecule is Cc1nc(CC(=O)N(C)CCNc2cc([C@H]3CCOC3)ncn2)cs1. The van der Waals surface area contributed by atoms with Crippen molar-refractivity contribution in [1.82, 2.24) is 19.9 Å². The molecule has 2 aromatic heterocycles. The first-order valence-electron chi connectivity index (χ1n) is 8.40. The number of carbonyl (C=O) groups is 1. The Hall–Kier alpha value is -2.06. The first kappa shape index (κ1) is 17.8. The third-order valence-corrected chi connectivity index (χ3v) is 5.04. The zero-order valence-corrected chi connectivity index (χ0v) is 15.4. The van der Waals surface area contributed by atoms with Crippen LogP contribution in [0.1, 0.15) is 28.7 Å². The van der Waals surface area contributed by atoms with Crippen LogP contribution in [0.25, 0.3) is 0 Å². The summed E-state index contributed by atoms with van der Waals surface area (Å²) >= 11 is 1.57. The lowest BCUT2D eigenvalue weighted by atomic mass is 10.1. The average Bonchev–Trinajstić information content (AvgIpc) is 3.27. The molecular formula is C17H23N5O2S. The van der Waals surface area contributed by atoms with Gasteiger partial charge >= 0.3 is 0 Å². The van der Waals surface area contributed by atoms with Crippen LogP contribution in [-0.4, -0.2) is 59.1 Å². The number of nitrogens with one attached hydrogen (secondary N) is 1. The molecule has 0 aromatic carbocycles. The van der Waals surface area contributed by atoms with Crippen molar-refractivity contribution in [1.29, 1.82) is 0 Å². The van der Waals surface area contributed by atoms with E-state index >= 15 is 0 Å². The van der Waals surface area contributed by atoms with Gasteiger partial charge in [-0.05, 0) is 13.3 Å². The number of anilines is 1. The zero-order valence-electron chi connectivity index (χ0n) is 14.6. The van der Waals surface area contributed by atoms with E-state index < -0.39 is 0 Å². The van der Waals surface area contributed by atoms with Crippen LogP contribution in [-0.2, 0) is 16.0 Å². The molecule has 1 atom stereocenters. The molecule has 2 aromatic rings. The summed E-state index contributed by atoms with van der Waals surface area (Å²) in [4.78, 5) is 26.9. The summed E-state index contributed by atoms with van der Waals surface area (Å²) in [6, 6.07) is 1.97. The third-order valence-electron chi connectivity index (χ3n) is 4.21. The van der Waals surface area contributed by atoms with Gasteiger partial charge in [0.05, 0.1) is 29.4 Å². The summed E-state index contributed by atoms with van der Waals surface area (Å²) < 4.78 is 5.41. The molecule has 0 unspecified atom stereocenters. The van der Waals surface area contributed by atoms with E-state index in [0.717, 1.165) is 41.8 Å². The number of aromatic nitrogens is 3. The molecule has 0 spiro atoms. The average molecular weight is 361 g/mol. The number of thiazole rings is 1. The second-order valence-electron chi connectivity index (χ2n) is 6.17. The van der Waals surface area contributed by atoms with Crippen molar-refractivity contribution in [3.05, 3.63) is 34.2 Å². The molecular weight excluding hydrogens is 338 g/mol. The highest BCUT2D eigenvalue weighted by Gasteiger charge is 2.19. The fourth-order valence-corrected chi connectivity index (χ4v) is 3.33. The third kappa shape index (κ3) is 4.96. The number of likely N-dealkylation sites (N-methyl/N-ethyl adjacent to an activating group) is 1. The van der Waals surface area contributed by atoms with Gasteiger partial charge in [0.25, 0.3) is 0 Å². The van der Waals surface area contributed by atoms with E-state index in [1.165, 1.54) is 0 Å². The first-order chi connectivity index (χ1) is 12.1. The molecule has 0 saturated carbocycles. The number of amides is 1. The quantitative estimate of drug-likeness (QED) is 0.811. The lowest BCUT2D eigenvalue weighted by molar-refractivity contribution is -0.129. The van der Waals surface area contributed by atoms with E-state index in [9.17, 15) is 4.79 Å². The van der Waals surface area contributed by atoms with Crippen molar-refractivity contribution in [3.63, 3.8) is 0 Å². The van der Waals surface area contributed by atoms with Crippen molar-refractivity contribution in [2.75, 3.05) is 38.7 Å². The minimum Gasteiger partial charge on any atom is -0.381 e. The molecule has 1 aliphatic rings. The van der Waals surface area contributed by atoms with Gasteiger partial charge in [0.15, 0.2) is 0 Å². The molecule has 8 heteroatoms. The number of hydrogen-bond acceptors (Lipinski definition) is 7. The van der Waals surface area contributed by atoms with Crippen LogP contribution in [0.15, 0.2) is 17.8 Å². The van der Waals surface area contributed by atoms with Gasteiger partial charge in [0.1, 0.15) is 12.1 Å². The van der Waals surface area contributed by atoms with Crippen molar-refractivity contribution in [2.24, 2.45) is 0 Å². The summed E-state index contributed by atoms with van der Waals surface area (Å²) in [6.45, 7) is 4.70. The maximum Gasteiger partial charge on any atom is 0.228 e. The number of aryl methyl sites for hydroxylation is 1. The molecule has 25 heavy (non-hydrogen) atoms. The van der Waals surface area contributed by atoms with Gasteiger partial charge in [-0.3, -0.25) is 4.79 Å². The van der Waals surface area contributed by atoms with Crippen molar-refractivity contribution < 1.29 is 9.53 Å². The topological polar surface area (TPSA) is 80.2 Å². The van der Waals surface area contributed by atoms with Gasteiger partial charge in [-0.2, -0.15) is 0 Å². The summed E-state index contributed by atoms with van der Waals surface area (Å²) in [7, 11) is 1.81. The normalized spacial score (nSPS) is 16.8. The second-order valence-corrected chi connectivity index (χ2v) is 7.23. The number of hydrogen-bond donors (Lipinski definition) is 1. The highest BCUT2D eigenvalue weighted by Crippen LogP contribution is 2.24. The molecule has 0 bridgehead atoms. The zero-order chi connectivity index (χ0) is 17.6. The monoisotopic (exact) mass is 361 g/mol. The van der Waals surface area contributed by atoms with Gasteiger partial charge in [-0.1, -0.05) is 0 Å². The molecule has 1 aliphatic heterocycles. The van der Waals surface area contributed by atoms with Crippen LogP contribution in [0.4, 0.5) is 5.82 Å². The van der Waals surface area contributed by atoms with Gasteiger partial charge in [-0.25, -0.2) is 15.0 Å². The smallest absolute Gasteiger partial charge is 0.228 e. The molecule has 1 fully saturated rings. The number of rotatable bonds is 7. The van der Waals surface area contributed by atoms with Crippen molar-refractivity contribution >= 4 is 23.1 Å². The predicted octanol–water partition coefficient (Wildman–Crippen LogP) is 1.86. The summed E-state index contributed by atoms with van der Waals surface area (Å²) in [5.41, 5.74) is 1.85. The van der Waals surface area contributed by atoms with E-state index in [-0.39, 0.29) is 5.91 Å². The Bertz CT molecular complexity index is 715. The van der Waals surface area contributed by atoms with Crippen LogP contribution in [0, 0.1) is 6.92 Å². The van der Waals surface area contributed by atoms with E-state index in [0.29, 0.717) is 25.4 Å². The molecule has 1 saturated heterocycles. The molecule has 134 valence electrons. The molecule has 0 aliphatic carbocycles. The Morgan fingerprint density at radius 2 is 2.36 bits per heavy atom. The number of nitrogens with zero attached hydrogens (tertiary/aromatic N) is 4. The minimum atomic E-state index is 0.0681. The molecule has 0 radical (unpaired) electrons. The Morgan fingerprint density at radius 3 is 3.08 bits per heavy atom. The van der Waals surface area contributed by atoms with Crippen LogP contribution in [0.3, 0.4) is 0 Å². The van der Waals surface area contributed by atoms with Crippen molar-refractivity contribution in [3.8, 4) is 0 Å². The molecule has 1 amide bonds. The summed E-state index contributed by atoms with van der Waals surface area (Å²) in [5.74, 6) is 1.21. The number of carbonyl (C=O) groups excluding carboxylic acids is 1. The maximum atomic E-state index is 12.2. The summed E-state index contributed by atoms with van der Waals surface area (Å²) in [6.07, 6.45) is 2.93. The van der Waals surface area contributed by atoms with Crippen molar-refractivity contribution in [2.45, 2.75) is 25.7 Å². The first-order valence-corrected chi connectivity index (χ1v) is 9.28. The van der Waals surface area contributed by atoms with Crippen LogP contribution in [0.5, 0.6) is 0 Å². The minimum absolute atomic E-state index is 0.0681. The predicted molar refractivity (Wildman–Crippen MR) is 96.9 cm³/mol.